The van der Waals surface area contributed by atoms with E-state index in [1.807, 2.05) is 0 Å². The zero-order valence-electron chi connectivity index (χ0n) is 9.16. The Bertz CT molecular complexity index is 328. The summed E-state index contributed by atoms with van der Waals surface area (Å²) in [7, 11) is 0. The van der Waals surface area contributed by atoms with E-state index in [0.717, 1.165) is 6.42 Å². The highest BCUT2D eigenvalue weighted by Gasteiger charge is 2.27. The summed E-state index contributed by atoms with van der Waals surface area (Å²) in [5.74, 6) is 0.723. The van der Waals surface area contributed by atoms with E-state index in [0.29, 0.717) is 18.9 Å². The van der Waals surface area contributed by atoms with E-state index >= 15 is 0 Å². The van der Waals surface area contributed by atoms with Crippen LogP contribution in [0.5, 0.6) is 0 Å². The lowest BCUT2D eigenvalue weighted by Crippen LogP contribution is -2.18. The largest absolute Gasteiger partial charge is 0.425 e. The van der Waals surface area contributed by atoms with Gasteiger partial charge in [0.15, 0.2) is 0 Å². The van der Waals surface area contributed by atoms with Gasteiger partial charge in [0.25, 0.3) is 0 Å². The number of nitrogens with two attached hydrogens (primary N) is 1. The van der Waals surface area contributed by atoms with Gasteiger partial charge in [0, 0.05) is 12.8 Å². The summed E-state index contributed by atoms with van der Waals surface area (Å²) < 4.78 is 44.8. The second kappa shape index (κ2) is 6.55. The lowest BCUT2D eigenvalue weighted by Gasteiger charge is -2.05. The molecule has 1 heterocycles. The third-order valence-corrected chi connectivity index (χ3v) is 1.83. The van der Waals surface area contributed by atoms with Gasteiger partial charge in [-0.05, 0) is 13.0 Å². The highest BCUT2D eigenvalue weighted by molar-refractivity contribution is 4.82. The second-order valence-corrected chi connectivity index (χ2v) is 3.40. The number of aromatic nitrogens is 2. The number of hydrogen-bond donors (Lipinski definition) is 1. The molecule has 0 bridgehead atoms. The molecule has 0 aliphatic rings. The van der Waals surface area contributed by atoms with E-state index < -0.39 is 12.8 Å². The molecule has 0 saturated carbocycles. The van der Waals surface area contributed by atoms with E-state index in [-0.39, 0.29) is 18.9 Å². The minimum absolute atomic E-state index is 0.0992. The minimum Gasteiger partial charge on any atom is -0.425 e. The Morgan fingerprint density at radius 3 is 2.41 bits per heavy atom. The number of hydrogen-bond acceptors (Lipinski definition) is 5. The predicted octanol–water partition coefficient (Wildman–Crippen LogP) is 1.08. The van der Waals surface area contributed by atoms with Gasteiger partial charge in [-0.2, -0.15) is 13.2 Å². The highest BCUT2D eigenvalue weighted by atomic mass is 19.4. The number of halogens is 3. The molecule has 0 radical (unpaired) electrons. The molecule has 0 amide bonds. The first-order valence-corrected chi connectivity index (χ1v) is 5.17. The lowest BCUT2D eigenvalue weighted by molar-refractivity contribution is -0.173. The number of alkyl halides is 3. The van der Waals surface area contributed by atoms with Gasteiger partial charge in [-0.3, -0.25) is 0 Å². The van der Waals surface area contributed by atoms with Gasteiger partial charge in [0.05, 0.1) is 6.61 Å². The normalized spacial score (nSPS) is 12.0. The molecule has 17 heavy (non-hydrogen) atoms. The Morgan fingerprint density at radius 1 is 1.18 bits per heavy atom. The first-order chi connectivity index (χ1) is 8.01. The van der Waals surface area contributed by atoms with Crippen molar-refractivity contribution in [2.24, 2.45) is 5.73 Å². The topological polar surface area (TPSA) is 74.2 Å². The van der Waals surface area contributed by atoms with Gasteiger partial charge in [-0.25, -0.2) is 0 Å². The Morgan fingerprint density at radius 2 is 1.82 bits per heavy atom. The molecule has 0 fully saturated rings. The molecule has 0 aliphatic carbocycles. The van der Waals surface area contributed by atoms with Crippen molar-refractivity contribution in [1.82, 2.24) is 10.2 Å². The lowest BCUT2D eigenvalue weighted by atomic mass is 10.3. The Kier molecular flexibility index (Phi) is 5.36. The Hall–Kier alpha value is -1.15. The van der Waals surface area contributed by atoms with Crippen LogP contribution in [0.2, 0.25) is 0 Å². The van der Waals surface area contributed by atoms with Gasteiger partial charge >= 0.3 is 6.18 Å². The molecule has 8 heteroatoms. The van der Waals surface area contributed by atoms with Crippen LogP contribution in [0.4, 0.5) is 13.2 Å². The number of aryl methyl sites for hydroxylation is 1. The fraction of sp³-hybridized carbons (Fsp3) is 0.778. The molecule has 0 aromatic carbocycles. The van der Waals surface area contributed by atoms with Crippen molar-refractivity contribution in [2.45, 2.75) is 25.4 Å². The maximum atomic E-state index is 11.7. The monoisotopic (exact) mass is 253 g/mol. The van der Waals surface area contributed by atoms with Crippen LogP contribution < -0.4 is 5.73 Å². The average molecular weight is 253 g/mol. The molecule has 0 spiro atoms. The van der Waals surface area contributed by atoms with Crippen LogP contribution in [-0.4, -0.2) is 36.1 Å². The van der Waals surface area contributed by atoms with Crippen LogP contribution in [0.3, 0.4) is 0 Å². The zero-order chi connectivity index (χ0) is 12.7. The highest BCUT2D eigenvalue weighted by Crippen LogP contribution is 2.14. The molecule has 0 unspecified atom stereocenters. The zero-order valence-corrected chi connectivity index (χ0v) is 9.16. The minimum atomic E-state index is -4.30. The first kappa shape index (κ1) is 13.9. The molecule has 2 N–H and O–H groups in total. The third-order valence-electron chi connectivity index (χ3n) is 1.83. The van der Waals surface area contributed by atoms with E-state index in [1.165, 1.54) is 0 Å². The van der Waals surface area contributed by atoms with Crippen molar-refractivity contribution < 1.29 is 22.3 Å². The smallest absolute Gasteiger partial charge is 0.411 e. The summed E-state index contributed by atoms with van der Waals surface area (Å²) >= 11 is 0. The van der Waals surface area contributed by atoms with Gasteiger partial charge in [0.2, 0.25) is 11.8 Å². The van der Waals surface area contributed by atoms with Crippen LogP contribution in [0.15, 0.2) is 4.42 Å². The third kappa shape index (κ3) is 6.22. The molecular weight excluding hydrogens is 239 g/mol. The van der Waals surface area contributed by atoms with E-state index in [1.54, 1.807) is 0 Å². The maximum absolute atomic E-state index is 11.7. The summed E-state index contributed by atoms with van der Waals surface area (Å²) in [5.41, 5.74) is 5.31. The van der Waals surface area contributed by atoms with Crippen molar-refractivity contribution in [2.75, 3.05) is 19.8 Å². The molecule has 0 aliphatic heterocycles. The molecule has 98 valence electrons. The fourth-order valence-corrected chi connectivity index (χ4v) is 1.09. The van der Waals surface area contributed by atoms with Crippen molar-refractivity contribution in [3.63, 3.8) is 0 Å². The summed E-state index contributed by atoms with van der Waals surface area (Å²) in [4.78, 5) is 0. The van der Waals surface area contributed by atoms with Crippen LogP contribution in [0.25, 0.3) is 0 Å². The van der Waals surface area contributed by atoms with Gasteiger partial charge in [0.1, 0.15) is 6.61 Å². The van der Waals surface area contributed by atoms with Gasteiger partial charge in [-0.1, -0.05) is 0 Å². The van der Waals surface area contributed by atoms with E-state index in [9.17, 15) is 13.2 Å². The molecule has 1 aromatic heterocycles. The fourth-order valence-electron chi connectivity index (χ4n) is 1.09. The van der Waals surface area contributed by atoms with Gasteiger partial charge < -0.3 is 14.9 Å². The summed E-state index contributed by atoms with van der Waals surface area (Å²) in [5, 5.41) is 7.42. The van der Waals surface area contributed by atoms with Crippen molar-refractivity contribution >= 4 is 0 Å². The molecule has 0 saturated heterocycles. The van der Waals surface area contributed by atoms with Crippen molar-refractivity contribution in [3.8, 4) is 0 Å². The number of ether oxygens (including phenoxy) is 1. The van der Waals surface area contributed by atoms with Crippen LogP contribution >= 0.6 is 0 Å². The quantitative estimate of drug-likeness (QED) is 0.736. The maximum Gasteiger partial charge on any atom is 0.411 e. The van der Waals surface area contributed by atoms with Crippen molar-refractivity contribution in [3.05, 3.63) is 11.8 Å². The SMILES string of the molecule is NCCCc1nnc(CCOCC(F)(F)F)o1. The second-order valence-electron chi connectivity index (χ2n) is 3.40. The van der Waals surface area contributed by atoms with Crippen LogP contribution in [0, 0.1) is 0 Å². The molecule has 1 aromatic rings. The average Bonchev–Trinajstić information content (AvgIpc) is 2.68. The summed E-state index contributed by atoms with van der Waals surface area (Å²) in [6, 6.07) is 0. The standard InChI is InChI=1S/C9H14F3N3O2/c10-9(11,12)6-16-5-3-8-15-14-7(17-8)2-1-4-13/h1-6,13H2. The van der Waals surface area contributed by atoms with E-state index in [2.05, 4.69) is 14.9 Å². The summed E-state index contributed by atoms with van der Waals surface area (Å²) in [6.45, 7) is -0.842. The van der Waals surface area contributed by atoms with Crippen LogP contribution in [-0.2, 0) is 17.6 Å². The van der Waals surface area contributed by atoms with Gasteiger partial charge in [-0.15, -0.1) is 10.2 Å². The van der Waals surface area contributed by atoms with Crippen LogP contribution in [0.1, 0.15) is 18.2 Å². The molecule has 1 rings (SSSR count). The molecule has 0 atom stereocenters. The number of rotatable bonds is 7. The predicted molar refractivity (Wildman–Crippen MR) is 52.3 cm³/mol. The number of nitrogens with zero attached hydrogens (tertiary/aromatic N) is 2. The molecule has 5 nitrogen and oxygen atoms in total. The Labute approximate surface area is 96.1 Å². The van der Waals surface area contributed by atoms with Crippen molar-refractivity contribution in [1.29, 1.82) is 0 Å². The first-order valence-electron chi connectivity index (χ1n) is 5.17. The summed E-state index contributed by atoms with van der Waals surface area (Å²) in [6.07, 6.45) is -2.83. The Balaban J connectivity index is 2.21. The molecular formula is C9H14F3N3O2. The van der Waals surface area contributed by atoms with E-state index in [4.69, 9.17) is 10.2 Å².